The number of anilines is 1. The molecule has 1 aliphatic heterocycles. The zero-order valence-corrected chi connectivity index (χ0v) is 23.7. The minimum absolute atomic E-state index is 0.0956. The number of hydrogen-bond acceptors (Lipinski definition) is 6. The van der Waals surface area contributed by atoms with E-state index in [1.807, 2.05) is 19.1 Å². The van der Waals surface area contributed by atoms with Crippen LogP contribution in [0.5, 0.6) is 5.75 Å². The third-order valence-electron chi connectivity index (χ3n) is 6.12. The first-order valence-electron chi connectivity index (χ1n) is 12.5. The number of rotatable bonds is 11. The van der Waals surface area contributed by atoms with Crippen LogP contribution in [0, 0.1) is 0 Å². The Morgan fingerprint density at radius 3 is 2.39 bits per heavy atom. The molecule has 1 amide bonds. The summed E-state index contributed by atoms with van der Waals surface area (Å²) in [5, 5.41) is 2.88. The Morgan fingerprint density at radius 2 is 1.71 bits per heavy atom. The number of halogens is 1. The number of nitrogens with one attached hydrogen (secondary N) is 1. The van der Waals surface area contributed by atoms with Crippen LogP contribution in [-0.2, 0) is 32.6 Å². The zero-order chi connectivity index (χ0) is 27.0. The minimum atomic E-state index is -4.00. The Morgan fingerprint density at radius 1 is 1.03 bits per heavy atom. The number of nitrogens with zero attached hydrogens (tertiary/aromatic N) is 2. The van der Waals surface area contributed by atoms with Gasteiger partial charge in [-0.05, 0) is 66.6 Å². The molecule has 4 rings (SSSR count). The van der Waals surface area contributed by atoms with Crippen LogP contribution in [0.1, 0.15) is 18.1 Å². The molecule has 0 atom stereocenters. The maximum Gasteiger partial charge on any atom is 0.264 e. The molecule has 0 radical (unpaired) electrons. The molecule has 0 bridgehead atoms. The molecular formula is C28H32BrN3O5S. The first-order chi connectivity index (χ1) is 18.3. The van der Waals surface area contributed by atoms with E-state index in [1.165, 1.54) is 12.1 Å². The highest BCUT2D eigenvalue weighted by Crippen LogP contribution is 2.26. The molecule has 0 spiro atoms. The second-order valence-electron chi connectivity index (χ2n) is 8.88. The van der Waals surface area contributed by atoms with Gasteiger partial charge in [0, 0.05) is 30.7 Å². The Labute approximate surface area is 232 Å². The summed E-state index contributed by atoms with van der Waals surface area (Å²) >= 11 is 3.34. The molecule has 0 unspecified atom stereocenters. The van der Waals surface area contributed by atoms with Gasteiger partial charge in [-0.3, -0.25) is 14.0 Å². The molecule has 38 heavy (non-hydrogen) atoms. The molecule has 1 heterocycles. The van der Waals surface area contributed by atoms with E-state index < -0.39 is 15.9 Å². The van der Waals surface area contributed by atoms with Gasteiger partial charge in [0.1, 0.15) is 12.3 Å². The van der Waals surface area contributed by atoms with Gasteiger partial charge in [-0.1, -0.05) is 40.2 Å². The summed E-state index contributed by atoms with van der Waals surface area (Å²) in [4.78, 5) is 15.5. The number of carbonyl (C=O) groups excluding carboxylic acids is 1. The van der Waals surface area contributed by atoms with Gasteiger partial charge in [0.25, 0.3) is 10.0 Å². The van der Waals surface area contributed by atoms with Gasteiger partial charge in [0.15, 0.2) is 0 Å². The first-order valence-corrected chi connectivity index (χ1v) is 14.7. The molecule has 0 saturated carbocycles. The molecule has 10 heteroatoms. The van der Waals surface area contributed by atoms with Crippen molar-refractivity contribution in [1.82, 2.24) is 10.2 Å². The van der Waals surface area contributed by atoms with E-state index in [4.69, 9.17) is 9.47 Å². The predicted octanol–water partition coefficient (Wildman–Crippen LogP) is 4.19. The third kappa shape index (κ3) is 7.57. The standard InChI is InChI=1S/C28H32BrN3O5S/c1-2-37-26-10-8-25(9-11-26)32(38(34,35)27-12-6-24(29)7-13-27)21-28(33)30-19-22-4-3-5-23(18-22)20-31-14-16-36-17-15-31/h3-13,18H,2,14-17,19-21H2,1H3,(H,30,33). The number of hydrogen-bond donors (Lipinski definition) is 1. The number of amides is 1. The van der Waals surface area contributed by atoms with Crippen LogP contribution in [0.25, 0.3) is 0 Å². The molecule has 1 aliphatic rings. The Bertz CT molecular complexity index is 1310. The monoisotopic (exact) mass is 601 g/mol. The highest BCUT2D eigenvalue weighted by Gasteiger charge is 2.27. The Kier molecular flexibility index (Phi) is 9.79. The fourth-order valence-corrected chi connectivity index (χ4v) is 5.85. The van der Waals surface area contributed by atoms with E-state index in [1.54, 1.807) is 36.4 Å². The van der Waals surface area contributed by atoms with E-state index in [0.29, 0.717) is 24.6 Å². The van der Waals surface area contributed by atoms with Crippen molar-refractivity contribution in [3.8, 4) is 5.75 Å². The molecular weight excluding hydrogens is 570 g/mol. The van der Waals surface area contributed by atoms with Crippen molar-refractivity contribution in [2.45, 2.75) is 24.9 Å². The summed E-state index contributed by atoms with van der Waals surface area (Å²) in [7, 11) is -4.00. The van der Waals surface area contributed by atoms with Gasteiger partial charge in [0.2, 0.25) is 5.91 Å². The van der Waals surface area contributed by atoms with E-state index in [9.17, 15) is 13.2 Å². The molecule has 202 valence electrons. The average Bonchev–Trinajstić information content (AvgIpc) is 2.92. The summed E-state index contributed by atoms with van der Waals surface area (Å²) in [6, 6.07) is 21.1. The van der Waals surface area contributed by atoms with Crippen molar-refractivity contribution in [2.24, 2.45) is 0 Å². The van der Waals surface area contributed by atoms with Gasteiger partial charge in [-0.15, -0.1) is 0 Å². The number of carbonyl (C=O) groups is 1. The van der Waals surface area contributed by atoms with Crippen LogP contribution in [0.4, 0.5) is 5.69 Å². The molecule has 3 aromatic rings. The Hall–Kier alpha value is -2.92. The molecule has 0 aliphatic carbocycles. The van der Waals surface area contributed by atoms with Gasteiger partial charge in [-0.2, -0.15) is 0 Å². The number of sulfonamides is 1. The lowest BCUT2D eigenvalue weighted by Crippen LogP contribution is -2.40. The second-order valence-corrected chi connectivity index (χ2v) is 11.7. The fourth-order valence-electron chi connectivity index (χ4n) is 4.17. The zero-order valence-electron chi connectivity index (χ0n) is 21.3. The van der Waals surface area contributed by atoms with Crippen molar-refractivity contribution < 1.29 is 22.7 Å². The van der Waals surface area contributed by atoms with Crippen LogP contribution in [0.2, 0.25) is 0 Å². The van der Waals surface area contributed by atoms with Gasteiger partial charge in [0.05, 0.1) is 30.4 Å². The fraction of sp³-hybridized carbons (Fsp3) is 0.321. The highest BCUT2D eigenvalue weighted by molar-refractivity contribution is 9.10. The maximum absolute atomic E-state index is 13.6. The summed E-state index contributed by atoms with van der Waals surface area (Å²) < 4.78 is 40.0. The van der Waals surface area contributed by atoms with Gasteiger partial charge >= 0.3 is 0 Å². The summed E-state index contributed by atoms with van der Waals surface area (Å²) in [5.74, 6) is 0.219. The lowest BCUT2D eigenvalue weighted by atomic mass is 10.1. The van der Waals surface area contributed by atoms with E-state index in [-0.39, 0.29) is 11.4 Å². The van der Waals surface area contributed by atoms with Crippen molar-refractivity contribution in [1.29, 1.82) is 0 Å². The highest BCUT2D eigenvalue weighted by atomic mass is 79.9. The second kappa shape index (κ2) is 13.2. The van der Waals surface area contributed by atoms with Crippen molar-refractivity contribution >= 4 is 37.5 Å². The quantitative estimate of drug-likeness (QED) is 0.354. The van der Waals surface area contributed by atoms with Crippen molar-refractivity contribution in [3.63, 3.8) is 0 Å². The van der Waals surface area contributed by atoms with E-state index in [2.05, 4.69) is 38.3 Å². The normalized spacial score (nSPS) is 14.2. The summed E-state index contributed by atoms with van der Waals surface area (Å²) in [6.07, 6.45) is 0. The topological polar surface area (TPSA) is 88.2 Å². The minimum Gasteiger partial charge on any atom is -0.494 e. The molecule has 3 aromatic carbocycles. The summed E-state index contributed by atoms with van der Waals surface area (Å²) in [6.45, 7) is 6.41. The lowest BCUT2D eigenvalue weighted by Gasteiger charge is -2.26. The maximum atomic E-state index is 13.6. The lowest BCUT2D eigenvalue weighted by molar-refractivity contribution is -0.119. The van der Waals surface area contributed by atoms with E-state index >= 15 is 0 Å². The SMILES string of the molecule is CCOc1ccc(N(CC(=O)NCc2cccc(CN3CCOCC3)c2)S(=O)(=O)c2ccc(Br)cc2)cc1. The first kappa shape index (κ1) is 28.1. The average molecular weight is 603 g/mol. The number of ether oxygens (including phenoxy) is 2. The van der Waals surface area contributed by atoms with Crippen LogP contribution < -0.4 is 14.4 Å². The molecule has 1 saturated heterocycles. The third-order valence-corrected chi connectivity index (χ3v) is 8.43. The van der Waals surface area contributed by atoms with Crippen molar-refractivity contribution in [3.05, 3.63) is 88.4 Å². The van der Waals surface area contributed by atoms with Crippen LogP contribution in [-0.4, -0.2) is 58.7 Å². The largest absolute Gasteiger partial charge is 0.494 e. The smallest absolute Gasteiger partial charge is 0.264 e. The summed E-state index contributed by atoms with van der Waals surface area (Å²) in [5.41, 5.74) is 2.49. The molecule has 1 N–H and O–H groups in total. The van der Waals surface area contributed by atoms with Crippen LogP contribution in [0.3, 0.4) is 0 Å². The molecule has 0 aromatic heterocycles. The number of benzene rings is 3. The Balaban J connectivity index is 1.47. The predicted molar refractivity (Wildman–Crippen MR) is 151 cm³/mol. The van der Waals surface area contributed by atoms with Crippen LogP contribution >= 0.6 is 15.9 Å². The van der Waals surface area contributed by atoms with Gasteiger partial charge in [-0.25, -0.2) is 8.42 Å². The van der Waals surface area contributed by atoms with Crippen molar-refractivity contribution in [2.75, 3.05) is 43.8 Å². The molecule has 8 nitrogen and oxygen atoms in total. The van der Waals surface area contributed by atoms with Gasteiger partial charge < -0.3 is 14.8 Å². The van der Waals surface area contributed by atoms with E-state index in [0.717, 1.165) is 52.8 Å². The van der Waals surface area contributed by atoms with Crippen LogP contribution in [0.15, 0.2) is 82.2 Å². The molecule has 1 fully saturated rings. The number of morpholine rings is 1.